The summed E-state index contributed by atoms with van der Waals surface area (Å²) < 4.78 is 26.3. The number of aromatic nitrogens is 2. The Morgan fingerprint density at radius 1 is 1.28 bits per heavy atom. The molecule has 1 atom stereocenters. The highest BCUT2D eigenvalue weighted by Crippen LogP contribution is 2.27. The predicted molar refractivity (Wildman–Crippen MR) is 92.3 cm³/mol. The van der Waals surface area contributed by atoms with Gasteiger partial charge in [0.1, 0.15) is 0 Å². The number of halogens is 2. The average Bonchev–Trinajstić information content (AvgIpc) is 3.28. The van der Waals surface area contributed by atoms with Gasteiger partial charge >= 0.3 is 0 Å². The zero-order valence-corrected chi connectivity index (χ0v) is 13.9. The van der Waals surface area contributed by atoms with Gasteiger partial charge in [0.25, 0.3) is 5.91 Å². The molecule has 0 spiro atoms. The molecule has 4 N–H and O–H groups in total. The number of hydrogen-bond donors (Lipinski definition) is 3. The van der Waals surface area contributed by atoms with Crippen LogP contribution in [0.3, 0.4) is 0 Å². The fraction of sp³-hybridized carbons (Fsp3) is 0.176. The van der Waals surface area contributed by atoms with Gasteiger partial charge in [-0.15, -0.1) is 11.3 Å². The van der Waals surface area contributed by atoms with E-state index in [1.807, 2.05) is 6.07 Å². The van der Waals surface area contributed by atoms with Crippen LogP contribution in [0.15, 0.2) is 42.7 Å². The van der Waals surface area contributed by atoms with Crippen LogP contribution in [-0.2, 0) is 6.42 Å². The van der Waals surface area contributed by atoms with E-state index in [1.54, 1.807) is 18.5 Å². The quantitative estimate of drug-likeness (QED) is 0.630. The molecule has 2 aromatic heterocycles. The molecule has 0 saturated heterocycles. The zero-order chi connectivity index (χ0) is 17.8. The first-order valence-corrected chi connectivity index (χ1v) is 8.42. The van der Waals surface area contributed by atoms with Crippen LogP contribution in [0, 0.1) is 11.6 Å². The summed E-state index contributed by atoms with van der Waals surface area (Å²) in [5.41, 5.74) is 7.18. The summed E-state index contributed by atoms with van der Waals surface area (Å²) in [4.78, 5) is 13.9. The van der Waals surface area contributed by atoms with Gasteiger partial charge in [-0.3, -0.25) is 9.89 Å². The van der Waals surface area contributed by atoms with E-state index < -0.39 is 11.6 Å². The summed E-state index contributed by atoms with van der Waals surface area (Å²) >= 11 is 1.34. The largest absolute Gasteiger partial charge is 0.347 e. The highest BCUT2D eigenvalue weighted by atomic mass is 32.1. The molecule has 0 unspecified atom stereocenters. The van der Waals surface area contributed by atoms with Gasteiger partial charge in [-0.25, -0.2) is 8.78 Å². The zero-order valence-electron chi connectivity index (χ0n) is 13.1. The summed E-state index contributed by atoms with van der Waals surface area (Å²) in [6.07, 6.45) is 3.75. The van der Waals surface area contributed by atoms with Crippen molar-refractivity contribution < 1.29 is 13.6 Å². The third-order valence-electron chi connectivity index (χ3n) is 3.70. The number of H-pyrrole nitrogens is 1. The lowest BCUT2D eigenvalue weighted by molar-refractivity contribution is 0.0942. The van der Waals surface area contributed by atoms with Crippen LogP contribution >= 0.6 is 11.3 Å². The van der Waals surface area contributed by atoms with E-state index in [9.17, 15) is 13.6 Å². The molecule has 8 heteroatoms. The third kappa shape index (κ3) is 4.09. The highest BCUT2D eigenvalue weighted by molar-refractivity contribution is 7.17. The van der Waals surface area contributed by atoms with Crippen LogP contribution in [0.4, 0.5) is 8.78 Å². The van der Waals surface area contributed by atoms with Gasteiger partial charge in [-0.05, 0) is 36.2 Å². The maximum Gasteiger partial charge on any atom is 0.261 e. The van der Waals surface area contributed by atoms with E-state index in [4.69, 9.17) is 5.73 Å². The molecule has 0 bridgehead atoms. The molecular weight excluding hydrogens is 346 g/mol. The molecule has 1 amide bonds. The fourth-order valence-corrected chi connectivity index (χ4v) is 3.29. The summed E-state index contributed by atoms with van der Waals surface area (Å²) in [6, 6.07) is 6.86. The second kappa shape index (κ2) is 7.54. The van der Waals surface area contributed by atoms with Crippen LogP contribution in [0.5, 0.6) is 0 Å². The molecule has 0 fully saturated rings. The molecule has 5 nitrogen and oxygen atoms in total. The summed E-state index contributed by atoms with van der Waals surface area (Å²) in [5, 5.41) is 9.44. The Balaban J connectivity index is 1.66. The monoisotopic (exact) mass is 362 g/mol. The van der Waals surface area contributed by atoms with Gasteiger partial charge in [0.05, 0.1) is 11.1 Å². The lowest BCUT2D eigenvalue weighted by atomic mass is 10.1. The minimum atomic E-state index is -0.914. The number of carbonyl (C=O) groups excluding carboxylic acids is 1. The van der Waals surface area contributed by atoms with Gasteiger partial charge in [-0.1, -0.05) is 6.07 Å². The van der Waals surface area contributed by atoms with E-state index in [-0.39, 0.29) is 18.5 Å². The lowest BCUT2D eigenvalue weighted by Crippen LogP contribution is -2.41. The van der Waals surface area contributed by atoms with Crippen molar-refractivity contribution >= 4 is 17.2 Å². The van der Waals surface area contributed by atoms with Crippen LogP contribution in [0.2, 0.25) is 0 Å². The summed E-state index contributed by atoms with van der Waals surface area (Å²) in [7, 11) is 0. The van der Waals surface area contributed by atoms with E-state index >= 15 is 0 Å². The lowest BCUT2D eigenvalue weighted by Gasteiger charge is -2.16. The molecule has 130 valence electrons. The summed E-state index contributed by atoms with van der Waals surface area (Å²) in [6.45, 7) is 0.185. The van der Waals surface area contributed by atoms with Crippen molar-refractivity contribution in [3.8, 4) is 10.4 Å². The van der Waals surface area contributed by atoms with Gasteiger partial charge in [0.2, 0.25) is 0 Å². The first kappa shape index (κ1) is 17.2. The molecule has 2 heterocycles. The molecule has 3 aromatic rings. The molecule has 25 heavy (non-hydrogen) atoms. The third-order valence-corrected chi connectivity index (χ3v) is 4.83. The van der Waals surface area contributed by atoms with Crippen molar-refractivity contribution in [3.63, 3.8) is 0 Å². The van der Waals surface area contributed by atoms with E-state index in [0.29, 0.717) is 16.9 Å². The minimum absolute atomic E-state index is 0.185. The maximum atomic E-state index is 13.3. The topological polar surface area (TPSA) is 83.8 Å². The number of amides is 1. The standard InChI is InChI=1S/C17H16F2N4OS/c18-13-2-1-10(6-14(13)19)5-12(7-20)23-17(24)16-4-3-15(25-16)11-8-21-22-9-11/h1-4,6,8-9,12H,5,7,20H2,(H,21,22)(H,23,24)/t12-/m0/s1. The van der Waals surface area contributed by atoms with Crippen LogP contribution in [-0.4, -0.2) is 28.7 Å². The first-order valence-electron chi connectivity index (χ1n) is 7.60. The Hall–Kier alpha value is -2.58. The Morgan fingerprint density at radius 2 is 2.12 bits per heavy atom. The van der Waals surface area contributed by atoms with Crippen molar-refractivity contribution in [1.29, 1.82) is 0 Å². The smallest absolute Gasteiger partial charge is 0.261 e. The molecular formula is C17H16F2N4OS. The van der Waals surface area contributed by atoms with Crippen LogP contribution < -0.4 is 11.1 Å². The molecule has 0 radical (unpaired) electrons. The Labute approximate surface area is 146 Å². The second-order valence-electron chi connectivity index (χ2n) is 5.51. The molecule has 0 aliphatic carbocycles. The fourth-order valence-electron chi connectivity index (χ4n) is 2.40. The average molecular weight is 362 g/mol. The van der Waals surface area contributed by atoms with E-state index in [1.165, 1.54) is 17.4 Å². The maximum absolute atomic E-state index is 13.3. The van der Waals surface area contributed by atoms with Crippen molar-refractivity contribution in [2.75, 3.05) is 6.54 Å². The van der Waals surface area contributed by atoms with Gasteiger partial charge in [0.15, 0.2) is 11.6 Å². The molecule has 0 aliphatic heterocycles. The van der Waals surface area contributed by atoms with Crippen molar-refractivity contribution in [2.45, 2.75) is 12.5 Å². The van der Waals surface area contributed by atoms with Gasteiger partial charge < -0.3 is 11.1 Å². The minimum Gasteiger partial charge on any atom is -0.347 e. The van der Waals surface area contributed by atoms with E-state index in [0.717, 1.165) is 22.6 Å². The van der Waals surface area contributed by atoms with Crippen molar-refractivity contribution in [1.82, 2.24) is 15.5 Å². The predicted octanol–water partition coefficient (Wildman–Crippen LogP) is 2.72. The molecule has 1 aromatic carbocycles. The van der Waals surface area contributed by atoms with Gasteiger partial charge in [-0.2, -0.15) is 5.10 Å². The number of hydrogen-bond acceptors (Lipinski definition) is 4. The first-order chi connectivity index (χ1) is 12.1. The summed E-state index contributed by atoms with van der Waals surface area (Å²) in [5.74, 6) is -2.07. The number of aromatic amines is 1. The van der Waals surface area contributed by atoms with Crippen molar-refractivity contribution in [2.24, 2.45) is 5.73 Å². The molecule has 0 aliphatic rings. The normalized spacial score (nSPS) is 12.1. The van der Waals surface area contributed by atoms with Crippen molar-refractivity contribution in [3.05, 3.63) is 64.8 Å². The van der Waals surface area contributed by atoms with E-state index in [2.05, 4.69) is 15.5 Å². The Kier molecular flexibility index (Phi) is 5.20. The van der Waals surface area contributed by atoms with Crippen LogP contribution in [0.25, 0.3) is 10.4 Å². The SMILES string of the molecule is NC[C@H](Cc1ccc(F)c(F)c1)NC(=O)c1ccc(-c2cn[nH]c2)s1. The number of nitrogens with zero attached hydrogens (tertiary/aromatic N) is 1. The molecule has 3 rings (SSSR count). The van der Waals surface area contributed by atoms with Crippen LogP contribution in [0.1, 0.15) is 15.2 Å². The Morgan fingerprint density at radius 3 is 2.80 bits per heavy atom. The number of thiophene rings is 1. The molecule has 0 saturated carbocycles. The number of nitrogens with two attached hydrogens (primary N) is 1. The number of benzene rings is 1. The second-order valence-corrected chi connectivity index (χ2v) is 6.59. The Bertz CT molecular complexity index is 863. The van der Waals surface area contributed by atoms with Gasteiger partial charge in [0, 0.05) is 29.2 Å². The number of rotatable bonds is 6. The highest BCUT2D eigenvalue weighted by Gasteiger charge is 2.16. The number of carbonyl (C=O) groups is 1. The number of nitrogens with one attached hydrogen (secondary N) is 2.